The lowest BCUT2D eigenvalue weighted by Crippen LogP contribution is -2.57. The van der Waals surface area contributed by atoms with Gasteiger partial charge in [-0.25, -0.2) is 0 Å². The Kier molecular flexibility index (Phi) is 4.36. The molecule has 0 aliphatic carbocycles. The van der Waals surface area contributed by atoms with E-state index in [1.165, 1.54) is 0 Å². The van der Waals surface area contributed by atoms with Crippen LogP contribution in [0.2, 0.25) is 0 Å². The Morgan fingerprint density at radius 2 is 2.29 bits per heavy atom. The number of hydrogen-bond donors (Lipinski definition) is 1. The third kappa shape index (κ3) is 2.97. The van der Waals surface area contributed by atoms with Crippen LogP contribution >= 0.6 is 0 Å². The van der Waals surface area contributed by atoms with E-state index in [-0.39, 0.29) is 12.0 Å². The fourth-order valence-electron chi connectivity index (χ4n) is 2.58. The first-order valence-corrected chi connectivity index (χ1v) is 6.47. The monoisotopic (exact) mass is 241 g/mol. The molecule has 0 bridgehead atoms. The Bertz CT molecular complexity index is 266. The second kappa shape index (κ2) is 5.80. The van der Waals surface area contributed by atoms with Crippen LogP contribution in [0.25, 0.3) is 0 Å². The molecular formula is C12H23N3O2. The number of nitrogens with zero attached hydrogens (tertiary/aromatic N) is 2. The van der Waals surface area contributed by atoms with Gasteiger partial charge in [-0.3, -0.25) is 9.69 Å². The predicted octanol–water partition coefficient (Wildman–Crippen LogP) is -0.473. The number of hydrogen-bond acceptors (Lipinski definition) is 4. The average Bonchev–Trinajstić information content (AvgIpc) is 2.85. The third-order valence-electron chi connectivity index (χ3n) is 3.73. The van der Waals surface area contributed by atoms with Crippen molar-refractivity contribution < 1.29 is 9.53 Å². The molecule has 0 saturated carbocycles. The molecule has 2 unspecified atom stereocenters. The standard InChI is InChI=1S/C12H23N3O2/c1-13-8-10-9-15(6-5-14(10)2)12(16)11-4-3-7-17-11/h10-11,13H,3-9H2,1-2H3. The summed E-state index contributed by atoms with van der Waals surface area (Å²) in [6.07, 6.45) is 1.74. The first-order chi connectivity index (χ1) is 8.22. The lowest BCUT2D eigenvalue weighted by Gasteiger charge is -2.40. The highest BCUT2D eigenvalue weighted by Crippen LogP contribution is 2.17. The minimum Gasteiger partial charge on any atom is -0.368 e. The molecule has 2 heterocycles. The molecule has 1 amide bonds. The molecule has 0 aromatic carbocycles. The number of carbonyl (C=O) groups is 1. The highest BCUT2D eigenvalue weighted by Gasteiger charge is 2.32. The van der Waals surface area contributed by atoms with E-state index in [2.05, 4.69) is 17.3 Å². The molecule has 1 N–H and O–H groups in total. The van der Waals surface area contributed by atoms with Crippen molar-refractivity contribution in [1.82, 2.24) is 15.1 Å². The van der Waals surface area contributed by atoms with Crippen molar-refractivity contribution in [3.8, 4) is 0 Å². The molecular weight excluding hydrogens is 218 g/mol. The van der Waals surface area contributed by atoms with Gasteiger partial charge in [0.2, 0.25) is 0 Å². The first kappa shape index (κ1) is 12.8. The lowest BCUT2D eigenvalue weighted by atomic mass is 10.1. The summed E-state index contributed by atoms with van der Waals surface area (Å²) in [6, 6.07) is 0.416. The molecule has 2 rings (SSSR count). The Morgan fingerprint density at radius 1 is 1.47 bits per heavy atom. The molecule has 0 aromatic rings. The van der Waals surface area contributed by atoms with Crippen molar-refractivity contribution in [2.24, 2.45) is 0 Å². The van der Waals surface area contributed by atoms with Crippen LogP contribution < -0.4 is 5.32 Å². The van der Waals surface area contributed by atoms with E-state index in [1.807, 2.05) is 11.9 Å². The molecule has 2 aliphatic rings. The molecule has 0 aromatic heterocycles. The van der Waals surface area contributed by atoms with Gasteiger partial charge >= 0.3 is 0 Å². The quantitative estimate of drug-likeness (QED) is 0.725. The van der Waals surface area contributed by atoms with Gasteiger partial charge in [-0.05, 0) is 26.9 Å². The maximum absolute atomic E-state index is 12.2. The van der Waals surface area contributed by atoms with Crippen LogP contribution in [0.4, 0.5) is 0 Å². The highest BCUT2D eigenvalue weighted by molar-refractivity contribution is 5.81. The average molecular weight is 241 g/mol. The summed E-state index contributed by atoms with van der Waals surface area (Å²) in [7, 11) is 4.07. The summed E-state index contributed by atoms with van der Waals surface area (Å²) < 4.78 is 5.47. The zero-order valence-corrected chi connectivity index (χ0v) is 10.8. The number of rotatable bonds is 3. The zero-order chi connectivity index (χ0) is 12.3. The van der Waals surface area contributed by atoms with E-state index in [4.69, 9.17) is 4.74 Å². The van der Waals surface area contributed by atoms with Crippen molar-refractivity contribution in [3.63, 3.8) is 0 Å². The molecule has 2 aliphatic heterocycles. The summed E-state index contributed by atoms with van der Waals surface area (Å²) in [5, 5.41) is 3.19. The summed E-state index contributed by atoms with van der Waals surface area (Å²) in [6.45, 7) is 4.26. The van der Waals surface area contributed by atoms with Crippen molar-refractivity contribution in [3.05, 3.63) is 0 Å². The molecule has 0 spiro atoms. The predicted molar refractivity (Wildman–Crippen MR) is 65.9 cm³/mol. The number of carbonyl (C=O) groups excluding carboxylic acids is 1. The van der Waals surface area contributed by atoms with Gasteiger partial charge in [0, 0.05) is 38.8 Å². The van der Waals surface area contributed by atoms with Crippen LogP contribution in [0.15, 0.2) is 0 Å². The number of likely N-dealkylation sites (N-methyl/N-ethyl adjacent to an activating group) is 2. The molecule has 2 saturated heterocycles. The van der Waals surface area contributed by atoms with Crippen LogP contribution in [-0.2, 0) is 9.53 Å². The van der Waals surface area contributed by atoms with E-state index in [9.17, 15) is 4.79 Å². The van der Waals surface area contributed by atoms with E-state index in [0.717, 1.165) is 45.6 Å². The molecule has 17 heavy (non-hydrogen) atoms. The van der Waals surface area contributed by atoms with Crippen molar-refractivity contribution in [1.29, 1.82) is 0 Å². The van der Waals surface area contributed by atoms with E-state index < -0.39 is 0 Å². The maximum Gasteiger partial charge on any atom is 0.251 e. The highest BCUT2D eigenvalue weighted by atomic mass is 16.5. The second-order valence-corrected chi connectivity index (χ2v) is 4.98. The Balaban J connectivity index is 1.90. The van der Waals surface area contributed by atoms with Gasteiger partial charge in [-0.1, -0.05) is 0 Å². The molecule has 0 radical (unpaired) electrons. The van der Waals surface area contributed by atoms with Crippen molar-refractivity contribution in [2.45, 2.75) is 25.0 Å². The summed E-state index contributed by atoms with van der Waals surface area (Å²) in [5.74, 6) is 0.191. The SMILES string of the molecule is CNCC1CN(C(=O)C2CCCO2)CCN1C. The number of amides is 1. The molecule has 98 valence electrons. The minimum atomic E-state index is -0.173. The maximum atomic E-state index is 12.2. The van der Waals surface area contributed by atoms with Gasteiger partial charge in [0.1, 0.15) is 6.10 Å². The van der Waals surface area contributed by atoms with Crippen LogP contribution in [0.1, 0.15) is 12.8 Å². The summed E-state index contributed by atoms with van der Waals surface area (Å²) in [5.41, 5.74) is 0. The smallest absolute Gasteiger partial charge is 0.251 e. The van der Waals surface area contributed by atoms with Gasteiger partial charge in [-0.15, -0.1) is 0 Å². The Morgan fingerprint density at radius 3 is 2.94 bits per heavy atom. The molecule has 5 nitrogen and oxygen atoms in total. The summed E-state index contributed by atoms with van der Waals surface area (Å²) in [4.78, 5) is 16.5. The zero-order valence-electron chi connectivity index (χ0n) is 10.8. The minimum absolute atomic E-state index is 0.173. The fourth-order valence-corrected chi connectivity index (χ4v) is 2.58. The number of nitrogens with one attached hydrogen (secondary N) is 1. The van der Waals surface area contributed by atoms with Crippen LogP contribution in [0.3, 0.4) is 0 Å². The Hall–Kier alpha value is -0.650. The lowest BCUT2D eigenvalue weighted by molar-refractivity contribution is -0.143. The van der Waals surface area contributed by atoms with Crippen LogP contribution in [0, 0.1) is 0 Å². The largest absolute Gasteiger partial charge is 0.368 e. The van der Waals surface area contributed by atoms with Gasteiger partial charge in [-0.2, -0.15) is 0 Å². The van der Waals surface area contributed by atoms with Gasteiger partial charge in [0.25, 0.3) is 5.91 Å². The van der Waals surface area contributed by atoms with Crippen LogP contribution in [-0.4, -0.2) is 74.7 Å². The second-order valence-electron chi connectivity index (χ2n) is 4.98. The van der Waals surface area contributed by atoms with Crippen molar-refractivity contribution >= 4 is 5.91 Å². The fraction of sp³-hybridized carbons (Fsp3) is 0.917. The third-order valence-corrected chi connectivity index (χ3v) is 3.73. The van der Waals surface area contributed by atoms with E-state index >= 15 is 0 Å². The van der Waals surface area contributed by atoms with Gasteiger partial charge in [0.15, 0.2) is 0 Å². The molecule has 2 atom stereocenters. The first-order valence-electron chi connectivity index (χ1n) is 6.47. The van der Waals surface area contributed by atoms with Crippen LogP contribution in [0.5, 0.6) is 0 Å². The number of piperazine rings is 1. The summed E-state index contributed by atoms with van der Waals surface area (Å²) >= 11 is 0. The normalized spacial score (nSPS) is 30.8. The van der Waals surface area contributed by atoms with Gasteiger partial charge in [0.05, 0.1) is 0 Å². The van der Waals surface area contributed by atoms with Gasteiger partial charge < -0.3 is 15.0 Å². The van der Waals surface area contributed by atoms with E-state index in [0.29, 0.717) is 6.04 Å². The molecule has 5 heteroatoms. The van der Waals surface area contributed by atoms with E-state index in [1.54, 1.807) is 0 Å². The van der Waals surface area contributed by atoms with Crippen molar-refractivity contribution in [2.75, 3.05) is 46.9 Å². The number of ether oxygens (including phenoxy) is 1. The molecule has 2 fully saturated rings. The Labute approximate surface area is 103 Å². The topological polar surface area (TPSA) is 44.8 Å².